The van der Waals surface area contributed by atoms with Crippen molar-refractivity contribution < 1.29 is 57.2 Å². The van der Waals surface area contributed by atoms with Crippen molar-refractivity contribution >= 4 is 35.8 Å². The normalized spacial score (nSPS) is 11.0. The molecule has 0 saturated heterocycles. The minimum atomic E-state index is -0.752. The van der Waals surface area contributed by atoms with Crippen molar-refractivity contribution in [2.45, 2.75) is 336 Å². The van der Waals surface area contributed by atoms with Gasteiger partial charge >= 0.3 is 35.8 Å². The first-order valence-electron chi connectivity index (χ1n) is 31.1. The fourth-order valence-corrected chi connectivity index (χ4v) is 8.41. The Morgan fingerprint density at radius 1 is 0.216 bits per heavy atom. The third-order valence-electron chi connectivity index (χ3n) is 13.2. The zero-order chi connectivity index (χ0) is 54.8. The highest BCUT2D eigenvalue weighted by atomic mass is 16.6. The number of unbranched alkanes of at least 4 members (excludes halogenated alkanes) is 32. The van der Waals surface area contributed by atoms with E-state index >= 15 is 0 Å². The van der Waals surface area contributed by atoms with Crippen LogP contribution in [-0.4, -0.2) is 74.5 Å². The maximum Gasteiger partial charge on any atom is 0.306 e. The predicted molar refractivity (Wildman–Crippen MR) is 301 cm³/mol. The molecule has 0 amide bonds. The highest BCUT2D eigenvalue weighted by Crippen LogP contribution is 2.15. The topological polar surface area (TPSA) is 158 Å². The van der Waals surface area contributed by atoms with E-state index < -0.39 is 12.2 Å². The molecule has 74 heavy (non-hydrogen) atoms. The van der Waals surface area contributed by atoms with Crippen molar-refractivity contribution in [3.05, 3.63) is 0 Å². The maximum atomic E-state index is 12.5. The van der Waals surface area contributed by atoms with Gasteiger partial charge in [0.2, 0.25) is 0 Å². The fourth-order valence-electron chi connectivity index (χ4n) is 8.41. The lowest BCUT2D eigenvalue weighted by atomic mass is 10.1. The zero-order valence-electron chi connectivity index (χ0n) is 49.0. The van der Waals surface area contributed by atoms with E-state index in [9.17, 15) is 28.8 Å². The first-order valence-corrected chi connectivity index (χ1v) is 31.1. The van der Waals surface area contributed by atoms with E-state index in [0.29, 0.717) is 38.5 Å². The number of carbonyl (C=O) groups excluding carboxylic acids is 6. The van der Waals surface area contributed by atoms with Crippen LogP contribution in [0.1, 0.15) is 324 Å². The number of carbonyl (C=O) groups is 6. The summed E-state index contributed by atoms with van der Waals surface area (Å²) in [6, 6.07) is 0. The number of hydrogen-bond donors (Lipinski definition) is 0. The Morgan fingerprint density at radius 2 is 0.365 bits per heavy atom. The SMILES string of the molecule is CCCCCCCCC(=O)OC(COC(=O)CCCCCCC)COC(=O)CCCCCCC.CCCCCCCCCCC(=O)OC(COC(=O)CCCCCCCCC)COC(=O)CCCCCCCCC. The van der Waals surface area contributed by atoms with E-state index in [1.54, 1.807) is 0 Å². The van der Waals surface area contributed by atoms with Gasteiger partial charge in [-0.05, 0) is 38.5 Å². The van der Waals surface area contributed by atoms with Gasteiger partial charge in [0, 0.05) is 38.5 Å². The molecule has 0 aromatic rings. The van der Waals surface area contributed by atoms with E-state index in [1.807, 2.05) is 0 Å². The number of hydrogen-bond acceptors (Lipinski definition) is 12. The fraction of sp³-hybridized carbons (Fsp3) is 0.903. The molecular formula is C62H116O12. The summed E-state index contributed by atoms with van der Waals surface area (Å²) in [6.45, 7) is 12.8. The van der Waals surface area contributed by atoms with Crippen LogP contribution in [0.2, 0.25) is 0 Å². The average molecular weight is 1050 g/mol. The van der Waals surface area contributed by atoms with Gasteiger partial charge in [0.05, 0.1) is 0 Å². The lowest BCUT2D eigenvalue weighted by molar-refractivity contribution is -0.167. The smallest absolute Gasteiger partial charge is 0.306 e. The molecule has 0 rings (SSSR count). The summed E-state index contributed by atoms with van der Waals surface area (Å²) in [6.07, 6.45) is 42.7. The van der Waals surface area contributed by atoms with Crippen molar-refractivity contribution in [1.82, 2.24) is 0 Å². The molecule has 0 bridgehead atoms. The van der Waals surface area contributed by atoms with Gasteiger partial charge < -0.3 is 28.4 Å². The van der Waals surface area contributed by atoms with E-state index in [1.165, 1.54) is 116 Å². The summed E-state index contributed by atoms with van der Waals surface area (Å²) in [4.78, 5) is 73.3. The lowest BCUT2D eigenvalue weighted by Crippen LogP contribution is -2.30. The van der Waals surface area contributed by atoms with Gasteiger partial charge in [0.1, 0.15) is 26.4 Å². The Morgan fingerprint density at radius 3 is 0.541 bits per heavy atom. The van der Waals surface area contributed by atoms with Crippen molar-refractivity contribution in [3.63, 3.8) is 0 Å². The Balaban J connectivity index is 0. The molecule has 0 aromatic carbocycles. The molecule has 12 heteroatoms. The summed E-state index contributed by atoms with van der Waals surface area (Å²) < 4.78 is 32.6. The molecule has 0 unspecified atom stereocenters. The second-order valence-electron chi connectivity index (χ2n) is 20.8. The molecule has 0 spiro atoms. The molecule has 0 aliphatic rings. The molecule has 0 radical (unpaired) electrons. The molecule has 0 atom stereocenters. The number of rotatable bonds is 54. The molecule has 0 N–H and O–H groups in total. The van der Waals surface area contributed by atoms with Gasteiger partial charge in [0.15, 0.2) is 12.2 Å². The molecule has 0 heterocycles. The largest absolute Gasteiger partial charge is 0.462 e. The number of esters is 6. The van der Waals surface area contributed by atoms with Crippen LogP contribution in [-0.2, 0) is 57.2 Å². The van der Waals surface area contributed by atoms with Gasteiger partial charge in [-0.2, -0.15) is 0 Å². The maximum absolute atomic E-state index is 12.5. The van der Waals surface area contributed by atoms with Gasteiger partial charge in [-0.15, -0.1) is 0 Å². The van der Waals surface area contributed by atoms with Crippen LogP contribution in [0.5, 0.6) is 0 Å². The van der Waals surface area contributed by atoms with Crippen LogP contribution in [0.15, 0.2) is 0 Å². The molecule has 0 saturated carbocycles. The van der Waals surface area contributed by atoms with Crippen LogP contribution < -0.4 is 0 Å². The Hall–Kier alpha value is -3.18. The van der Waals surface area contributed by atoms with E-state index in [4.69, 9.17) is 28.4 Å². The molecule has 436 valence electrons. The molecule has 0 aliphatic heterocycles. The highest BCUT2D eigenvalue weighted by molar-refractivity contribution is 5.72. The summed E-state index contributed by atoms with van der Waals surface area (Å²) >= 11 is 0. The molecule has 12 nitrogen and oxygen atoms in total. The summed E-state index contributed by atoms with van der Waals surface area (Å²) in [5, 5.41) is 0. The molecule has 0 aromatic heterocycles. The summed E-state index contributed by atoms with van der Waals surface area (Å²) in [5.41, 5.74) is 0. The van der Waals surface area contributed by atoms with Gasteiger partial charge in [-0.3, -0.25) is 28.8 Å². The van der Waals surface area contributed by atoms with Crippen molar-refractivity contribution in [1.29, 1.82) is 0 Å². The highest BCUT2D eigenvalue weighted by Gasteiger charge is 2.21. The Labute approximate surface area is 454 Å². The summed E-state index contributed by atoms with van der Waals surface area (Å²) in [7, 11) is 0. The van der Waals surface area contributed by atoms with E-state index in [2.05, 4.69) is 41.5 Å². The average Bonchev–Trinajstić information content (AvgIpc) is 3.39. The quantitative estimate of drug-likeness (QED) is 0.0323. The minimum Gasteiger partial charge on any atom is -0.462 e. The molecule has 0 aliphatic carbocycles. The first kappa shape index (κ1) is 72.9. The summed E-state index contributed by atoms with van der Waals surface area (Å²) in [5.74, 6) is -1.81. The monoisotopic (exact) mass is 1050 g/mol. The van der Waals surface area contributed by atoms with Crippen molar-refractivity contribution in [3.8, 4) is 0 Å². The Bertz CT molecular complexity index is 1220. The van der Waals surface area contributed by atoms with Crippen LogP contribution in [0.3, 0.4) is 0 Å². The number of ether oxygens (including phenoxy) is 6. The van der Waals surface area contributed by atoms with Crippen LogP contribution in [0.4, 0.5) is 0 Å². The second-order valence-corrected chi connectivity index (χ2v) is 20.8. The van der Waals surface area contributed by atoms with Crippen LogP contribution in [0.25, 0.3) is 0 Å². The van der Waals surface area contributed by atoms with Gasteiger partial charge in [-0.1, -0.05) is 247 Å². The third-order valence-corrected chi connectivity index (χ3v) is 13.2. The third kappa shape index (κ3) is 56.5. The van der Waals surface area contributed by atoms with Crippen molar-refractivity contribution in [2.24, 2.45) is 0 Å². The molecular weight excluding hydrogens is 937 g/mol. The first-order chi connectivity index (χ1) is 36.1. The van der Waals surface area contributed by atoms with Gasteiger partial charge in [-0.25, -0.2) is 0 Å². The van der Waals surface area contributed by atoms with Crippen molar-refractivity contribution in [2.75, 3.05) is 26.4 Å². The second kappa shape index (κ2) is 59.1. The van der Waals surface area contributed by atoms with E-state index in [0.717, 1.165) is 128 Å². The predicted octanol–water partition coefficient (Wildman–Crippen LogP) is 17.3. The molecule has 0 fully saturated rings. The Kier molecular flexibility index (Phi) is 58.2. The lowest BCUT2D eigenvalue weighted by Gasteiger charge is -2.18. The standard InChI is InChI=1S/C34H64O6.C28H52O6/c1-4-7-10-13-16-19-22-25-28-34(37)40-31(29-38-32(35)26-23-20-17-14-11-8-5-2)30-39-33(36)27-24-21-18-15-12-9-6-3;1-4-7-10-13-16-19-22-28(31)34-25(23-32-26(29)20-17-14-11-8-5-2)24-33-27(30)21-18-15-12-9-6-3/h31H,4-30H2,1-3H3;25H,4-24H2,1-3H3. The van der Waals surface area contributed by atoms with Crippen LogP contribution in [0, 0.1) is 0 Å². The van der Waals surface area contributed by atoms with E-state index in [-0.39, 0.29) is 62.2 Å². The zero-order valence-corrected chi connectivity index (χ0v) is 49.0. The minimum absolute atomic E-state index is 0.0663. The van der Waals surface area contributed by atoms with Crippen LogP contribution >= 0.6 is 0 Å². The van der Waals surface area contributed by atoms with Gasteiger partial charge in [0.25, 0.3) is 0 Å².